The van der Waals surface area contributed by atoms with Gasteiger partial charge in [0.05, 0.1) is 0 Å². The van der Waals surface area contributed by atoms with E-state index in [-0.39, 0.29) is 5.75 Å². The van der Waals surface area contributed by atoms with Gasteiger partial charge in [0.15, 0.2) is 11.6 Å². The van der Waals surface area contributed by atoms with Gasteiger partial charge in [-0.15, -0.1) is 0 Å². The first kappa shape index (κ1) is 13.3. The number of piperidine rings is 1. The summed E-state index contributed by atoms with van der Waals surface area (Å²) >= 11 is 0. The van der Waals surface area contributed by atoms with Crippen molar-refractivity contribution in [3.8, 4) is 5.75 Å². The molecular weight excluding hydrogens is 229 g/mol. The summed E-state index contributed by atoms with van der Waals surface area (Å²) in [4.78, 5) is 2.31. The Bertz CT molecular complexity index is 386. The molecule has 0 aliphatic carbocycles. The summed E-state index contributed by atoms with van der Waals surface area (Å²) < 4.78 is 13.2. The highest BCUT2D eigenvalue weighted by atomic mass is 19.1. The molecule has 1 fully saturated rings. The summed E-state index contributed by atoms with van der Waals surface area (Å²) in [6.07, 6.45) is 5.03. The molecule has 2 nitrogen and oxygen atoms in total. The van der Waals surface area contributed by atoms with E-state index in [0.29, 0.717) is 12.1 Å². The largest absolute Gasteiger partial charge is 0.505 e. The van der Waals surface area contributed by atoms with Gasteiger partial charge in [0.25, 0.3) is 0 Å². The van der Waals surface area contributed by atoms with Crippen molar-refractivity contribution in [1.82, 2.24) is 4.90 Å². The molecule has 0 atom stereocenters. The number of benzene rings is 1. The van der Waals surface area contributed by atoms with Crippen LogP contribution in [0.2, 0.25) is 0 Å². The van der Waals surface area contributed by atoms with Crippen molar-refractivity contribution in [2.75, 3.05) is 13.1 Å². The van der Waals surface area contributed by atoms with E-state index in [1.54, 1.807) is 12.1 Å². The number of rotatable bonds is 4. The van der Waals surface area contributed by atoms with Gasteiger partial charge in [0.1, 0.15) is 0 Å². The van der Waals surface area contributed by atoms with Crippen LogP contribution >= 0.6 is 0 Å². The van der Waals surface area contributed by atoms with E-state index in [1.165, 1.54) is 31.7 Å². The molecule has 0 saturated carbocycles. The van der Waals surface area contributed by atoms with Gasteiger partial charge in [0.2, 0.25) is 0 Å². The smallest absolute Gasteiger partial charge is 0.165 e. The molecule has 1 N–H and O–H groups in total. The Balaban J connectivity index is 1.90. The Morgan fingerprint density at radius 1 is 1.33 bits per heavy atom. The molecule has 1 aromatic rings. The highest BCUT2D eigenvalue weighted by Gasteiger charge is 2.19. The fourth-order valence-corrected chi connectivity index (χ4v) is 2.77. The molecule has 100 valence electrons. The fourth-order valence-electron chi connectivity index (χ4n) is 2.77. The molecule has 2 rings (SSSR count). The molecule has 1 aliphatic heterocycles. The van der Waals surface area contributed by atoms with E-state index in [4.69, 9.17) is 0 Å². The second-order valence-corrected chi connectivity index (χ2v) is 5.26. The van der Waals surface area contributed by atoms with Crippen molar-refractivity contribution < 1.29 is 9.50 Å². The average molecular weight is 251 g/mol. The van der Waals surface area contributed by atoms with Crippen LogP contribution in [0.4, 0.5) is 4.39 Å². The Kier molecular flexibility index (Phi) is 4.59. The van der Waals surface area contributed by atoms with Crippen LogP contribution in [0.15, 0.2) is 18.2 Å². The average Bonchev–Trinajstić information content (AvgIpc) is 2.38. The molecule has 18 heavy (non-hydrogen) atoms. The van der Waals surface area contributed by atoms with Crippen LogP contribution in [0.5, 0.6) is 5.75 Å². The number of halogens is 1. The van der Waals surface area contributed by atoms with Crippen LogP contribution < -0.4 is 0 Å². The predicted molar refractivity (Wildman–Crippen MR) is 71.0 cm³/mol. The number of nitrogens with zero attached hydrogens (tertiary/aromatic N) is 1. The van der Waals surface area contributed by atoms with Gasteiger partial charge in [-0.3, -0.25) is 4.90 Å². The Morgan fingerprint density at radius 3 is 2.72 bits per heavy atom. The standard InChI is InChI=1S/C15H22FNO/c1-2-4-12-7-9-17(10-8-12)11-13-5-3-6-14(16)15(13)18/h3,5-6,12,18H,2,4,7-11H2,1H3. The molecule has 0 unspecified atom stereocenters. The molecule has 1 aliphatic rings. The van der Waals surface area contributed by atoms with Crippen molar-refractivity contribution in [3.05, 3.63) is 29.6 Å². The first-order chi connectivity index (χ1) is 8.70. The topological polar surface area (TPSA) is 23.5 Å². The van der Waals surface area contributed by atoms with Gasteiger partial charge in [-0.1, -0.05) is 31.9 Å². The van der Waals surface area contributed by atoms with Gasteiger partial charge >= 0.3 is 0 Å². The van der Waals surface area contributed by atoms with E-state index >= 15 is 0 Å². The SMILES string of the molecule is CCCC1CCN(Cc2cccc(F)c2O)CC1. The van der Waals surface area contributed by atoms with Crippen LogP contribution in [0.1, 0.15) is 38.2 Å². The summed E-state index contributed by atoms with van der Waals surface area (Å²) in [5, 5.41) is 9.66. The Morgan fingerprint density at radius 2 is 2.06 bits per heavy atom. The van der Waals surface area contributed by atoms with E-state index in [0.717, 1.165) is 19.0 Å². The summed E-state index contributed by atoms with van der Waals surface area (Å²) in [6.45, 7) is 5.00. The lowest BCUT2D eigenvalue weighted by Crippen LogP contribution is -2.33. The normalized spacial score (nSPS) is 18.1. The third-order valence-corrected chi connectivity index (χ3v) is 3.87. The van der Waals surface area contributed by atoms with E-state index < -0.39 is 5.82 Å². The van der Waals surface area contributed by atoms with Gasteiger partial charge < -0.3 is 5.11 Å². The summed E-state index contributed by atoms with van der Waals surface area (Å²) in [6, 6.07) is 4.76. The molecule has 1 aromatic carbocycles. The number of aromatic hydroxyl groups is 1. The van der Waals surface area contributed by atoms with E-state index in [9.17, 15) is 9.50 Å². The highest BCUT2D eigenvalue weighted by Crippen LogP contribution is 2.26. The minimum absolute atomic E-state index is 0.187. The van der Waals surface area contributed by atoms with Crippen molar-refractivity contribution in [2.45, 2.75) is 39.2 Å². The van der Waals surface area contributed by atoms with Crippen molar-refractivity contribution in [1.29, 1.82) is 0 Å². The van der Waals surface area contributed by atoms with Crippen molar-refractivity contribution in [3.63, 3.8) is 0 Å². The first-order valence-electron chi connectivity index (χ1n) is 6.89. The Labute approximate surface area is 108 Å². The molecule has 0 radical (unpaired) electrons. The number of phenolic OH excluding ortho intramolecular Hbond substituents is 1. The van der Waals surface area contributed by atoms with Crippen molar-refractivity contribution >= 4 is 0 Å². The van der Waals surface area contributed by atoms with Gasteiger partial charge in [-0.2, -0.15) is 0 Å². The van der Waals surface area contributed by atoms with E-state index in [2.05, 4.69) is 11.8 Å². The highest BCUT2D eigenvalue weighted by molar-refractivity contribution is 5.33. The summed E-state index contributed by atoms with van der Waals surface area (Å²) in [5.41, 5.74) is 0.698. The maximum Gasteiger partial charge on any atom is 0.165 e. The number of likely N-dealkylation sites (tertiary alicyclic amines) is 1. The molecule has 1 heterocycles. The van der Waals surface area contributed by atoms with Crippen LogP contribution in [0.3, 0.4) is 0 Å². The van der Waals surface area contributed by atoms with Crippen LogP contribution in [0.25, 0.3) is 0 Å². The minimum Gasteiger partial charge on any atom is -0.505 e. The van der Waals surface area contributed by atoms with E-state index in [1.807, 2.05) is 0 Å². The minimum atomic E-state index is -0.520. The number of hydrogen-bond acceptors (Lipinski definition) is 2. The number of hydrogen-bond donors (Lipinski definition) is 1. The lowest BCUT2D eigenvalue weighted by Gasteiger charge is -2.32. The number of phenols is 1. The Hall–Kier alpha value is -1.09. The molecule has 0 spiro atoms. The maximum absolute atomic E-state index is 13.2. The lowest BCUT2D eigenvalue weighted by atomic mass is 9.92. The van der Waals surface area contributed by atoms with Gasteiger partial charge in [0, 0.05) is 12.1 Å². The quantitative estimate of drug-likeness (QED) is 0.884. The fraction of sp³-hybridized carbons (Fsp3) is 0.600. The van der Waals surface area contributed by atoms with Gasteiger partial charge in [-0.25, -0.2) is 4.39 Å². The lowest BCUT2D eigenvalue weighted by molar-refractivity contribution is 0.170. The number of para-hydroxylation sites is 1. The van der Waals surface area contributed by atoms with Gasteiger partial charge in [-0.05, 0) is 37.9 Å². The summed E-state index contributed by atoms with van der Waals surface area (Å²) in [5.74, 6) is 0.147. The molecule has 3 heteroatoms. The molecule has 0 bridgehead atoms. The monoisotopic (exact) mass is 251 g/mol. The second-order valence-electron chi connectivity index (χ2n) is 5.26. The third kappa shape index (κ3) is 3.22. The molecular formula is C15H22FNO. The predicted octanol–water partition coefficient (Wildman–Crippen LogP) is 3.54. The third-order valence-electron chi connectivity index (χ3n) is 3.87. The maximum atomic E-state index is 13.2. The zero-order valence-electron chi connectivity index (χ0n) is 11.0. The van der Waals surface area contributed by atoms with Crippen LogP contribution in [-0.4, -0.2) is 23.1 Å². The van der Waals surface area contributed by atoms with Crippen molar-refractivity contribution in [2.24, 2.45) is 5.92 Å². The molecule has 1 saturated heterocycles. The second kappa shape index (κ2) is 6.19. The zero-order chi connectivity index (χ0) is 13.0. The molecule has 0 amide bonds. The van der Waals surface area contributed by atoms with Crippen LogP contribution in [-0.2, 0) is 6.54 Å². The molecule has 0 aromatic heterocycles. The summed E-state index contributed by atoms with van der Waals surface area (Å²) in [7, 11) is 0. The first-order valence-corrected chi connectivity index (χ1v) is 6.89. The zero-order valence-corrected chi connectivity index (χ0v) is 11.0. The van der Waals surface area contributed by atoms with Crippen LogP contribution in [0, 0.1) is 11.7 Å².